The fraction of sp³-hybridized carbons (Fsp3) is 0.588. The highest BCUT2D eigenvalue weighted by molar-refractivity contribution is 5.83. The van der Waals surface area contributed by atoms with Crippen molar-refractivity contribution in [1.82, 2.24) is 5.32 Å². The monoisotopic (exact) mass is 290 g/mol. The van der Waals surface area contributed by atoms with Gasteiger partial charge in [-0.2, -0.15) is 0 Å². The van der Waals surface area contributed by atoms with Crippen LogP contribution >= 0.6 is 0 Å². The van der Waals surface area contributed by atoms with Crippen LogP contribution in [0.1, 0.15) is 37.5 Å². The van der Waals surface area contributed by atoms with Crippen molar-refractivity contribution >= 4 is 5.91 Å². The molecule has 0 saturated carbocycles. The van der Waals surface area contributed by atoms with E-state index in [0.29, 0.717) is 13.0 Å². The topological polar surface area (TPSA) is 64.3 Å². The van der Waals surface area contributed by atoms with Gasteiger partial charge in [-0.3, -0.25) is 4.79 Å². The molecule has 1 aromatic carbocycles. The van der Waals surface area contributed by atoms with E-state index in [2.05, 4.69) is 39.1 Å². The van der Waals surface area contributed by atoms with E-state index in [9.17, 15) is 4.79 Å². The minimum absolute atomic E-state index is 0.0804. The summed E-state index contributed by atoms with van der Waals surface area (Å²) in [4.78, 5) is 12.5. The Morgan fingerprint density at radius 2 is 2.05 bits per heavy atom. The van der Waals surface area contributed by atoms with Crippen LogP contribution in [0.4, 0.5) is 0 Å². The largest absolute Gasteiger partial charge is 0.480 e. The first-order valence-electron chi connectivity index (χ1n) is 7.55. The number of fused-ring (bicyclic) bond motifs is 1. The molecule has 0 spiro atoms. The second-order valence-electron chi connectivity index (χ2n) is 6.62. The summed E-state index contributed by atoms with van der Waals surface area (Å²) in [6, 6.07) is 4.13. The molecule has 0 saturated heterocycles. The Morgan fingerprint density at radius 3 is 2.62 bits per heavy atom. The summed E-state index contributed by atoms with van der Waals surface area (Å²) in [7, 11) is 0. The molecular formula is C17H26N2O2. The standard InChI is InChI=1S/C17H26N2O2/c1-10(2)17(5,9-18)19-16(20)15-8-13-6-11(3)12(4)7-14(13)21-15/h6-7,10,15H,8-9,18H2,1-5H3,(H,19,20). The maximum absolute atomic E-state index is 12.5. The number of aryl methyl sites for hydroxylation is 2. The Hall–Kier alpha value is -1.55. The van der Waals surface area contributed by atoms with E-state index >= 15 is 0 Å². The molecule has 1 aliphatic heterocycles. The van der Waals surface area contributed by atoms with Crippen molar-refractivity contribution in [2.75, 3.05) is 6.54 Å². The van der Waals surface area contributed by atoms with E-state index in [0.717, 1.165) is 11.3 Å². The molecule has 4 heteroatoms. The summed E-state index contributed by atoms with van der Waals surface area (Å²) in [5, 5.41) is 3.06. The fourth-order valence-corrected chi connectivity index (χ4v) is 2.45. The van der Waals surface area contributed by atoms with Crippen molar-refractivity contribution in [3.8, 4) is 5.75 Å². The molecule has 1 heterocycles. The van der Waals surface area contributed by atoms with E-state index in [1.165, 1.54) is 11.1 Å². The van der Waals surface area contributed by atoms with Crippen molar-refractivity contribution in [3.05, 3.63) is 28.8 Å². The lowest BCUT2D eigenvalue weighted by Gasteiger charge is -2.34. The lowest BCUT2D eigenvalue weighted by atomic mass is 9.88. The molecule has 4 nitrogen and oxygen atoms in total. The number of carbonyl (C=O) groups excluding carboxylic acids is 1. The predicted molar refractivity (Wildman–Crippen MR) is 84.5 cm³/mol. The zero-order valence-corrected chi connectivity index (χ0v) is 13.6. The van der Waals surface area contributed by atoms with Crippen LogP contribution in [0.3, 0.4) is 0 Å². The van der Waals surface area contributed by atoms with Crippen LogP contribution in [0.15, 0.2) is 12.1 Å². The van der Waals surface area contributed by atoms with Gasteiger partial charge in [-0.15, -0.1) is 0 Å². The Morgan fingerprint density at radius 1 is 1.43 bits per heavy atom. The molecule has 0 aliphatic carbocycles. The summed E-state index contributed by atoms with van der Waals surface area (Å²) >= 11 is 0. The van der Waals surface area contributed by atoms with Gasteiger partial charge in [0.15, 0.2) is 6.10 Å². The summed E-state index contributed by atoms with van der Waals surface area (Å²) in [6.07, 6.45) is 0.173. The maximum atomic E-state index is 12.5. The van der Waals surface area contributed by atoms with Crippen LogP contribution in [0.25, 0.3) is 0 Å². The van der Waals surface area contributed by atoms with Crippen LogP contribution in [0, 0.1) is 19.8 Å². The normalized spacial score (nSPS) is 19.9. The first kappa shape index (κ1) is 15.8. The van der Waals surface area contributed by atoms with Crippen LogP contribution in [-0.4, -0.2) is 24.1 Å². The van der Waals surface area contributed by atoms with Gasteiger partial charge >= 0.3 is 0 Å². The Bertz CT molecular complexity index is 523. The number of hydrogen-bond donors (Lipinski definition) is 2. The number of carbonyl (C=O) groups is 1. The van der Waals surface area contributed by atoms with Gasteiger partial charge in [-0.1, -0.05) is 19.9 Å². The van der Waals surface area contributed by atoms with Crippen LogP contribution in [0.2, 0.25) is 0 Å². The van der Waals surface area contributed by atoms with Gasteiger partial charge in [0.05, 0.1) is 5.54 Å². The van der Waals surface area contributed by atoms with E-state index in [1.807, 2.05) is 13.0 Å². The summed E-state index contributed by atoms with van der Waals surface area (Å²) in [6.45, 7) is 10.6. The highest BCUT2D eigenvalue weighted by Gasteiger charge is 2.35. The lowest BCUT2D eigenvalue weighted by Crippen LogP contribution is -2.57. The summed E-state index contributed by atoms with van der Waals surface area (Å²) < 4.78 is 5.82. The van der Waals surface area contributed by atoms with Crippen molar-refractivity contribution in [1.29, 1.82) is 0 Å². The quantitative estimate of drug-likeness (QED) is 0.892. The molecule has 3 N–H and O–H groups in total. The van der Waals surface area contributed by atoms with Crippen molar-refractivity contribution in [2.24, 2.45) is 11.7 Å². The first-order chi connectivity index (χ1) is 9.76. The van der Waals surface area contributed by atoms with E-state index in [1.54, 1.807) is 0 Å². The third-order valence-corrected chi connectivity index (χ3v) is 4.75. The Kier molecular flexibility index (Phi) is 4.28. The number of hydrogen-bond acceptors (Lipinski definition) is 3. The SMILES string of the molecule is Cc1cc2c(cc1C)OC(C(=O)NC(C)(CN)C(C)C)C2. The second-order valence-corrected chi connectivity index (χ2v) is 6.62. The number of benzene rings is 1. The number of nitrogens with one attached hydrogen (secondary N) is 1. The predicted octanol–water partition coefficient (Wildman–Crippen LogP) is 2.10. The molecular weight excluding hydrogens is 264 g/mol. The van der Waals surface area contributed by atoms with Gasteiger partial charge in [0, 0.05) is 13.0 Å². The van der Waals surface area contributed by atoms with Gasteiger partial charge in [-0.25, -0.2) is 0 Å². The first-order valence-corrected chi connectivity index (χ1v) is 7.55. The molecule has 2 atom stereocenters. The van der Waals surface area contributed by atoms with Gasteiger partial charge < -0.3 is 15.8 Å². The molecule has 0 radical (unpaired) electrons. The minimum atomic E-state index is -0.453. The smallest absolute Gasteiger partial charge is 0.261 e. The second kappa shape index (κ2) is 5.68. The zero-order chi connectivity index (χ0) is 15.8. The molecule has 1 amide bonds. The molecule has 21 heavy (non-hydrogen) atoms. The lowest BCUT2D eigenvalue weighted by molar-refractivity contribution is -0.129. The fourth-order valence-electron chi connectivity index (χ4n) is 2.45. The third-order valence-electron chi connectivity index (χ3n) is 4.75. The number of nitrogens with two attached hydrogens (primary N) is 1. The summed E-state index contributed by atoms with van der Waals surface area (Å²) in [5.41, 5.74) is 8.94. The molecule has 2 rings (SSSR count). The molecule has 1 aromatic rings. The highest BCUT2D eigenvalue weighted by atomic mass is 16.5. The molecule has 1 aliphatic rings. The third kappa shape index (κ3) is 3.05. The van der Waals surface area contributed by atoms with Crippen LogP contribution < -0.4 is 15.8 Å². The highest BCUT2D eigenvalue weighted by Crippen LogP contribution is 2.31. The molecule has 0 fully saturated rings. The molecule has 2 unspecified atom stereocenters. The average molecular weight is 290 g/mol. The van der Waals surface area contributed by atoms with Gasteiger partial charge in [-0.05, 0) is 49.4 Å². The average Bonchev–Trinajstić information content (AvgIpc) is 2.81. The minimum Gasteiger partial charge on any atom is -0.480 e. The molecule has 116 valence electrons. The molecule has 0 aromatic heterocycles. The maximum Gasteiger partial charge on any atom is 0.261 e. The van der Waals surface area contributed by atoms with Crippen molar-refractivity contribution in [2.45, 2.75) is 52.7 Å². The van der Waals surface area contributed by atoms with E-state index in [4.69, 9.17) is 10.5 Å². The van der Waals surface area contributed by atoms with Gasteiger partial charge in [0.2, 0.25) is 0 Å². The van der Waals surface area contributed by atoms with E-state index < -0.39 is 11.6 Å². The Balaban J connectivity index is 2.10. The van der Waals surface area contributed by atoms with Crippen molar-refractivity contribution < 1.29 is 9.53 Å². The number of rotatable bonds is 4. The van der Waals surface area contributed by atoms with Gasteiger partial charge in [0.25, 0.3) is 5.91 Å². The zero-order valence-electron chi connectivity index (χ0n) is 13.6. The number of ether oxygens (including phenoxy) is 1. The summed E-state index contributed by atoms with van der Waals surface area (Å²) in [5.74, 6) is 1.01. The van der Waals surface area contributed by atoms with Crippen LogP contribution in [0.5, 0.6) is 5.75 Å². The van der Waals surface area contributed by atoms with Crippen LogP contribution in [-0.2, 0) is 11.2 Å². The Labute approximate surface area is 127 Å². The van der Waals surface area contributed by atoms with Gasteiger partial charge in [0.1, 0.15) is 5.75 Å². The number of amides is 1. The van der Waals surface area contributed by atoms with Crippen molar-refractivity contribution in [3.63, 3.8) is 0 Å². The van der Waals surface area contributed by atoms with E-state index in [-0.39, 0.29) is 11.8 Å². The molecule has 0 bridgehead atoms.